The Kier molecular flexibility index (Phi) is 4.74. The van der Waals surface area contributed by atoms with Gasteiger partial charge in [0.1, 0.15) is 9.88 Å². The summed E-state index contributed by atoms with van der Waals surface area (Å²) in [5.74, 6) is -1.33. The van der Waals surface area contributed by atoms with E-state index >= 15 is 0 Å². The highest BCUT2D eigenvalue weighted by molar-refractivity contribution is 7.09. The van der Waals surface area contributed by atoms with Gasteiger partial charge in [0.2, 0.25) is 0 Å². The minimum Gasteiger partial charge on any atom is -0.476 e. The van der Waals surface area contributed by atoms with Gasteiger partial charge in [-0.05, 0) is 18.0 Å². The molecule has 2 N–H and O–H groups in total. The van der Waals surface area contributed by atoms with E-state index in [4.69, 9.17) is 5.11 Å². The first-order chi connectivity index (χ1) is 9.61. The predicted molar refractivity (Wildman–Crippen MR) is 74.1 cm³/mol. The molecule has 2 rings (SSSR count). The normalized spacial score (nSPS) is 10.4. The fourth-order valence-electron chi connectivity index (χ4n) is 1.51. The Morgan fingerprint density at radius 3 is 2.90 bits per heavy atom. The van der Waals surface area contributed by atoms with Crippen molar-refractivity contribution < 1.29 is 14.7 Å². The smallest absolute Gasteiger partial charge is 0.355 e. The van der Waals surface area contributed by atoms with Crippen molar-refractivity contribution in [1.82, 2.24) is 19.9 Å². The Bertz CT molecular complexity index is 623. The fraction of sp³-hybridized carbons (Fsp3) is 0.364. The van der Waals surface area contributed by atoms with Crippen LogP contribution in [-0.2, 0) is 13.0 Å². The van der Waals surface area contributed by atoms with Crippen LogP contribution in [0.25, 0.3) is 0 Å². The SMILES string of the molecule is CCCc1nnsc1C(=O)NCc1nc(C(=O)O)cs1. The molecule has 0 radical (unpaired) electrons. The van der Waals surface area contributed by atoms with Crippen LogP contribution in [0, 0.1) is 0 Å². The Morgan fingerprint density at radius 1 is 1.45 bits per heavy atom. The van der Waals surface area contributed by atoms with E-state index in [0.717, 1.165) is 18.0 Å². The highest BCUT2D eigenvalue weighted by atomic mass is 32.1. The molecule has 0 bridgehead atoms. The number of hydrogen-bond acceptors (Lipinski definition) is 7. The summed E-state index contributed by atoms with van der Waals surface area (Å²) in [5, 5.41) is 17.4. The van der Waals surface area contributed by atoms with Crippen LogP contribution in [0.4, 0.5) is 0 Å². The number of carboxylic acid groups (broad SMARTS) is 1. The van der Waals surface area contributed by atoms with Gasteiger partial charge in [-0.1, -0.05) is 17.8 Å². The Balaban J connectivity index is 1.97. The van der Waals surface area contributed by atoms with Crippen molar-refractivity contribution >= 4 is 34.7 Å². The molecule has 106 valence electrons. The summed E-state index contributed by atoms with van der Waals surface area (Å²) in [6.45, 7) is 2.20. The van der Waals surface area contributed by atoms with Gasteiger partial charge in [-0.25, -0.2) is 9.78 Å². The molecule has 0 aliphatic carbocycles. The molecule has 0 unspecified atom stereocenters. The molecule has 0 atom stereocenters. The predicted octanol–water partition coefficient (Wildman–Crippen LogP) is 1.58. The first-order valence-corrected chi connectivity index (χ1v) is 7.54. The van der Waals surface area contributed by atoms with Gasteiger partial charge in [-0.2, -0.15) is 0 Å². The molecule has 1 amide bonds. The molecule has 9 heteroatoms. The molecule has 0 aliphatic heterocycles. The number of aryl methyl sites for hydroxylation is 1. The zero-order valence-electron chi connectivity index (χ0n) is 10.6. The van der Waals surface area contributed by atoms with Crippen LogP contribution in [0.3, 0.4) is 0 Å². The van der Waals surface area contributed by atoms with Crippen LogP contribution in [-0.4, -0.2) is 31.6 Å². The third-order valence-electron chi connectivity index (χ3n) is 2.42. The van der Waals surface area contributed by atoms with E-state index in [1.54, 1.807) is 0 Å². The third-order valence-corrected chi connectivity index (χ3v) is 4.04. The second-order valence-corrected chi connectivity index (χ2v) is 5.61. The Labute approximate surface area is 122 Å². The zero-order chi connectivity index (χ0) is 14.5. The van der Waals surface area contributed by atoms with Crippen molar-refractivity contribution in [2.24, 2.45) is 0 Å². The average Bonchev–Trinajstić information content (AvgIpc) is 3.05. The van der Waals surface area contributed by atoms with Gasteiger partial charge in [0.15, 0.2) is 5.69 Å². The number of nitrogens with one attached hydrogen (secondary N) is 1. The Morgan fingerprint density at radius 2 is 2.25 bits per heavy atom. The second-order valence-electron chi connectivity index (χ2n) is 3.91. The summed E-state index contributed by atoms with van der Waals surface area (Å²) in [7, 11) is 0. The molecule has 2 heterocycles. The van der Waals surface area contributed by atoms with Gasteiger partial charge < -0.3 is 10.4 Å². The van der Waals surface area contributed by atoms with Crippen LogP contribution in [0.5, 0.6) is 0 Å². The maximum atomic E-state index is 12.0. The summed E-state index contributed by atoms with van der Waals surface area (Å²) < 4.78 is 3.78. The van der Waals surface area contributed by atoms with E-state index in [0.29, 0.717) is 22.0 Å². The first-order valence-electron chi connectivity index (χ1n) is 5.89. The average molecular weight is 312 g/mol. The Hall–Kier alpha value is -1.87. The molecular weight excluding hydrogens is 300 g/mol. The lowest BCUT2D eigenvalue weighted by molar-refractivity contribution is 0.0691. The van der Waals surface area contributed by atoms with Crippen molar-refractivity contribution in [3.8, 4) is 0 Å². The standard InChI is InChI=1S/C11H12N4O3S2/c1-2-3-6-9(20-15-14-6)10(16)12-4-8-13-7(5-19-8)11(17)18/h5H,2-4H2,1H3,(H,12,16)(H,17,18). The molecule has 0 aliphatic rings. The number of rotatable bonds is 6. The number of aromatic nitrogens is 3. The minimum atomic E-state index is -1.07. The molecule has 20 heavy (non-hydrogen) atoms. The number of aromatic carboxylic acids is 1. The van der Waals surface area contributed by atoms with Crippen molar-refractivity contribution in [3.05, 3.63) is 26.7 Å². The van der Waals surface area contributed by atoms with Gasteiger partial charge in [0, 0.05) is 5.38 Å². The number of nitrogens with zero attached hydrogens (tertiary/aromatic N) is 3. The van der Waals surface area contributed by atoms with Crippen molar-refractivity contribution in [1.29, 1.82) is 0 Å². The molecule has 0 saturated heterocycles. The lowest BCUT2D eigenvalue weighted by Gasteiger charge is -2.01. The maximum Gasteiger partial charge on any atom is 0.355 e. The van der Waals surface area contributed by atoms with Crippen molar-refractivity contribution in [2.75, 3.05) is 0 Å². The number of carboxylic acids is 1. The van der Waals surface area contributed by atoms with Crippen molar-refractivity contribution in [2.45, 2.75) is 26.3 Å². The lowest BCUT2D eigenvalue weighted by Crippen LogP contribution is -2.23. The maximum absolute atomic E-state index is 12.0. The van der Waals surface area contributed by atoms with Crippen LogP contribution in [0.2, 0.25) is 0 Å². The molecule has 0 saturated carbocycles. The van der Waals surface area contributed by atoms with Gasteiger partial charge in [0.25, 0.3) is 5.91 Å². The second kappa shape index (κ2) is 6.53. The lowest BCUT2D eigenvalue weighted by atomic mass is 10.2. The summed E-state index contributed by atoms with van der Waals surface area (Å²) in [6, 6.07) is 0. The quantitative estimate of drug-likeness (QED) is 0.839. The van der Waals surface area contributed by atoms with E-state index in [9.17, 15) is 9.59 Å². The fourth-order valence-corrected chi connectivity index (χ4v) is 2.84. The molecular formula is C11H12N4O3S2. The van der Waals surface area contributed by atoms with Crippen LogP contribution < -0.4 is 5.32 Å². The number of hydrogen-bond donors (Lipinski definition) is 2. The van der Waals surface area contributed by atoms with Crippen molar-refractivity contribution in [3.63, 3.8) is 0 Å². The van der Waals surface area contributed by atoms with Crippen LogP contribution in [0.15, 0.2) is 5.38 Å². The van der Waals surface area contributed by atoms with E-state index in [1.807, 2.05) is 6.92 Å². The minimum absolute atomic E-state index is 0.00891. The van der Waals surface area contributed by atoms with Crippen LogP contribution in [0.1, 0.15) is 44.2 Å². The molecule has 7 nitrogen and oxygen atoms in total. The number of carbonyl (C=O) groups excluding carboxylic acids is 1. The molecule has 0 fully saturated rings. The summed E-state index contributed by atoms with van der Waals surface area (Å²) in [5.41, 5.74) is 0.686. The third kappa shape index (κ3) is 3.36. The van der Waals surface area contributed by atoms with E-state index in [1.165, 1.54) is 16.7 Å². The summed E-state index contributed by atoms with van der Waals surface area (Å²) in [4.78, 5) is 27.1. The number of carbonyl (C=O) groups is 2. The van der Waals surface area contributed by atoms with E-state index < -0.39 is 5.97 Å². The molecule has 0 aromatic carbocycles. The zero-order valence-corrected chi connectivity index (χ0v) is 12.3. The van der Waals surface area contributed by atoms with Gasteiger partial charge in [0.05, 0.1) is 12.2 Å². The number of thiazole rings is 1. The molecule has 2 aromatic heterocycles. The highest BCUT2D eigenvalue weighted by Gasteiger charge is 2.16. The summed E-state index contributed by atoms with van der Waals surface area (Å²) in [6.07, 6.45) is 1.60. The number of amides is 1. The van der Waals surface area contributed by atoms with E-state index in [2.05, 4.69) is 19.9 Å². The molecule has 0 spiro atoms. The van der Waals surface area contributed by atoms with E-state index in [-0.39, 0.29) is 18.1 Å². The monoisotopic (exact) mass is 312 g/mol. The summed E-state index contributed by atoms with van der Waals surface area (Å²) >= 11 is 2.26. The largest absolute Gasteiger partial charge is 0.476 e. The van der Waals surface area contributed by atoms with Gasteiger partial charge in [-0.15, -0.1) is 16.4 Å². The van der Waals surface area contributed by atoms with Gasteiger partial charge >= 0.3 is 5.97 Å². The van der Waals surface area contributed by atoms with Gasteiger partial charge in [-0.3, -0.25) is 4.79 Å². The highest BCUT2D eigenvalue weighted by Crippen LogP contribution is 2.14. The topological polar surface area (TPSA) is 105 Å². The first kappa shape index (κ1) is 14.5. The van der Waals surface area contributed by atoms with Crippen LogP contribution >= 0.6 is 22.9 Å². The molecule has 2 aromatic rings.